The molecule has 1 N–H and O–H groups in total. The minimum absolute atomic E-state index is 0.289. The summed E-state index contributed by atoms with van der Waals surface area (Å²) in [5.41, 5.74) is 2.57. The highest BCUT2D eigenvalue weighted by Crippen LogP contribution is 2.18. The van der Waals surface area contributed by atoms with Crippen molar-refractivity contribution in [2.75, 3.05) is 6.54 Å². The highest BCUT2D eigenvalue weighted by atomic mass is 35.5. The topological polar surface area (TPSA) is 12.0 Å². The van der Waals surface area contributed by atoms with Gasteiger partial charge >= 0.3 is 0 Å². The average Bonchev–Trinajstić information content (AvgIpc) is 2.17. The number of nitrogens with one attached hydrogen (secondary N) is 1. The lowest BCUT2D eigenvalue weighted by Gasteiger charge is -2.15. The lowest BCUT2D eigenvalue weighted by atomic mass is 10.0. The fourth-order valence-corrected chi connectivity index (χ4v) is 1.62. The Morgan fingerprint density at radius 3 is 2.40 bits per heavy atom. The van der Waals surface area contributed by atoms with Crippen LogP contribution in [-0.2, 0) is 0 Å². The summed E-state index contributed by atoms with van der Waals surface area (Å²) in [5, 5.41) is 4.21. The van der Waals surface area contributed by atoms with Crippen LogP contribution in [0.3, 0.4) is 0 Å². The Labute approximate surface area is 97.1 Å². The summed E-state index contributed by atoms with van der Waals surface area (Å²) in [7, 11) is 0. The quantitative estimate of drug-likeness (QED) is 0.762. The van der Waals surface area contributed by atoms with Crippen LogP contribution in [-0.4, -0.2) is 6.54 Å². The first kappa shape index (κ1) is 12.3. The molecule has 0 bridgehead atoms. The van der Waals surface area contributed by atoms with E-state index in [1.807, 2.05) is 12.1 Å². The van der Waals surface area contributed by atoms with E-state index < -0.39 is 0 Å². The monoisotopic (exact) mass is 223 g/mol. The van der Waals surface area contributed by atoms with Gasteiger partial charge in [0.15, 0.2) is 0 Å². The standard InChI is InChI=1S/C13H18ClN/c1-4-15-13(9-10(2)3)11-5-7-12(14)8-6-11/h5-9,13,15H,4H2,1-3H3. The molecule has 0 saturated heterocycles. The van der Waals surface area contributed by atoms with E-state index in [0.29, 0.717) is 0 Å². The molecule has 0 spiro atoms. The number of benzene rings is 1. The number of likely N-dealkylation sites (N-methyl/N-ethyl adjacent to an activating group) is 1. The van der Waals surface area contributed by atoms with Crippen LogP contribution in [0.2, 0.25) is 5.02 Å². The number of hydrogen-bond donors (Lipinski definition) is 1. The lowest BCUT2D eigenvalue weighted by molar-refractivity contribution is 0.645. The Balaban J connectivity index is 2.88. The van der Waals surface area contributed by atoms with Crippen LogP contribution >= 0.6 is 11.6 Å². The van der Waals surface area contributed by atoms with Gasteiger partial charge in [-0.1, -0.05) is 42.3 Å². The fourth-order valence-electron chi connectivity index (χ4n) is 1.50. The number of halogens is 1. The molecular weight excluding hydrogens is 206 g/mol. The third-order valence-electron chi connectivity index (χ3n) is 2.15. The molecule has 1 rings (SSSR count). The molecule has 0 aliphatic carbocycles. The zero-order valence-corrected chi connectivity index (χ0v) is 10.3. The minimum atomic E-state index is 0.289. The van der Waals surface area contributed by atoms with Crippen LogP contribution in [0.1, 0.15) is 32.4 Å². The van der Waals surface area contributed by atoms with Gasteiger partial charge in [0.25, 0.3) is 0 Å². The first-order valence-electron chi connectivity index (χ1n) is 5.27. The first-order valence-corrected chi connectivity index (χ1v) is 5.65. The Morgan fingerprint density at radius 1 is 1.33 bits per heavy atom. The fraction of sp³-hybridized carbons (Fsp3) is 0.385. The third kappa shape index (κ3) is 4.06. The minimum Gasteiger partial charge on any atom is -0.307 e. The molecule has 1 atom stereocenters. The summed E-state index contributed by atoms with van der Waals surface area (Å²) in [6.07, 6.45) is 2.23. The van der Waals surface area contributed by atoms with Crippen molar-refractivity contribution in [3.63, 3.8) is 0 Å². The van der Waals surface area contributed by atoms with Crippen LogP contribution in [0.4, 0.5) is 0 Å². The highest BCUT2D eigenvalue weighted by Gasteiger charge is 2.05. The van der Waals surface area contributed by atoms with E-state index in [2.05, 4.69) is 44.3 Å². The lowest BCUT2D eigenvalue weighted by Crippen LogP contribution is -2.19. The van der Waals surface area contributed by atoms with Crippen LogP contribution in [0.15, 0.2) is 35.9 Å². The van der Waals surface area contributed by atoms with E-state index in [-0.39, 0.29) is 6.04 Å². The van der Waals surface area contributed by atoms with Gasteiger partial charge in [0.2, 0.25) is 0 Å². The van der Waals surface area contributed by atoms with Gasteiger partial charge < -0.3 is 5.32 Å². The summed E-state index contributed by atoms with van der Waals surface area (Å²) >= 11 is 5.86. The van der Waals surface area contributed by atoms with E-state index in [4.69, 9.17) is 11.6 Å². The van der Waals surface area contributed by atoms with Crippen molar-refractivity contribution in [1.29, 1.82) is 0 Å². The van der Waals surface area contributed by atoms with Crippen molar-refractivity contribution in [3.05, 3.63) is 46.5 Å². The molecule has 1 aromatic carbocycles. The second kappa shape index (κ2) is 5.94. The molecule has 0 radical (unpaired) electrons. The maximum atomic E-state index is 5.86. The molecule has 2 heteroatoms. The summed E-state index contributed by atoms with van der Waals surface area (Å²) in [6, 6.07) is 8.28. The predicted molar refractivity (Wildman–Crippen MR) is 67.3 cm³/mol. The zero-order chi connectivity index (χ0) is 11.3. The van der Waals surface area contributed by atoms with Crippen LogP contribution in [0.25, 0.3) is 0 Å². The van der Waals surface area contributed by atoms with Crippen LogP contribution in [0.5, 0.6) is 0 Å². The van der Waals surface area contributed by atoms with Crippen LogP contribution in [0, 0.1) is 0 Å². The van der Waals surface area contributed by atoms with Crippen molar-refractivity contribution in [1.82, 2.24) is 5.32 Å². The molecule has 1 unspecified atom stereocenters. The van der Waals surface area contributed by atoms with Gasteiger partial charge in [-0.2, -0.15) is 0 Å². The van der Waals surface area contributed by atoms with Crippen LogP contribution < -0.4 is 5.32 Å². The smallest absolute Gasteiger partial charge is 0.0508 e. The van der Waals surface area contributed by atoms with Crippen molar-refractivity contribution < 1.29 is 0 Å². The second-order valence-electron chi connectivity index (χ2n) is 3.83. The van der Waals surface area contributed by atoms with Crippen molar-refractivity contribution in [2.45, 2.75) is 26.8 Å². The van der Waals surface area contributed by atoms with Gasteiger partial charge in [0, 0.05) is 5.02 Å². The Hall–Kier alpha value is -0.790. The molecule has 0 fully saturated rings. The Morgan fingerprint density at radius 2 is 1.93 bits per heavy atom. The van der Waals surface area contributed by atoms with Gasteiger partial charge in [0.1, 0.15) is 0 Å². The summed E-state index contributed by atoms with van der Waals surface area (Å²) < 4.78 is 0. The summed E-state index contributed by atoms with van der Waals surface area (Å²) in [5.74, 6) is 0. The Kier molecular flexibility index (Phi) is 4.86. The molecule has 1 nitrogen and oxygen atoms in total. The van der Waals surface area contributed by atoms with E-state index in [9.17, 15) is 0 Å². The van der Waals surface area contributed by atoms with Crippen molar-refractivity contribution >= 4 is 11.6 Å². The largest absolute Gasteiger partial charge is 0.307 e. The van der Waals surface area contributed by atoms with Gasteiger partial charge in [-0.25, -0.2) is 0 Å². The molecule has 0 heterocycles. The number of rotatable bonds is 4. The molecule has 82 valence electrons. The third-order valence-corrected chi connectivity index (χ3v) is 2.41. The van der Waals surface area contributed by atoms with Crippen molar-refractivity contribution in [3.8, 4) is 0 Å². The molecule has 0 aliphatic rings. The zero-order valence-electron chi connectivity index (χ0n) is 9.55. The SMILES string of the molecule is CCNC(C=C(C)C)c1ccc(Cl)cc1. The van der Waals surface area contributed by atoms with Gasteiger partial charge in [0.05, 0.1) is 6.04 Å². The maximum absolute atomic E-state index is 5.86. The second-order valence-corrected chi connectivity index (χ2v) is 4.27. The van der Waals surface area contributed by atoms with Gasteiger partial charge in [-0.3, -0.25) is 0 Å². The molecule has 0 aliphatic heterocycles. The van der Waals surface area contributed by atoms with Gasteiger partial charge in [-0.05, 0) is 38.1 Å². The van der Waals surface area contributed by atoms with E-state index >= 15 is 0 Å². The van der Waals surface area contributed by atoms with E-state index in [1.165, 1.54) is 11.1 Å². The molecule has 1 aromatic rings. The summed E-state index contributed by atoms with van der Waals surface area (Å²) in [4.78, 5) is 0. The van der Waals surface area contributed by atoms with Crippen molar-refractivity contribution in [2.24, 2.45) is 0 Å². The molecule has 0 aromatic heterocycles. The molecule has 0 saturated carbocycles. The summed E-state index contributed by atoms with van der Waals surface area (Å²) in [6.45, 7) is 7.29. The molecule has 15 heavy (non-hydrogen) atoms. The molecule has 0 amide bonds. The average molecular weight is 224 g/mol. The number of allylic oxidation sites excluding steroid dienone is 1. The first-order chi connectivity index (χ1) is 7.13. The molecular formula is C13H18ClN. The van der Waals surface area contributed by atoms with E-state index in [0.717, 1.165) is 11.6 Å². The predicted octanol–water partition coefficient (Wildman–Crippen LogP) is 3.96. The van der Waals surface area contributed by atoms with Gasteiger partial charge in [-0.15, -0.1) is 0 Å². The normalized spacial score (nSPS) is 12.3. The Bertz CT molecular complexity index is 323. The maximum Gasteiger partial charge on any atom is 0.0508 e. The highest BCUT2D eigenvalue weighted by molar-refractivity contribution is 6.30. The number of hydrogen-bond acceptors (Lipinski definition) is 1. The van der Waals surface area contributed by atoms with E-state index in [1.54, 1.807) is 0 Å².